The normalized spacial score (nSPS) is 10.7. The minimum Gasteiger partial charge on any atom is -0.366 e. The van der Waals surface area contributed by atoms with Gasteiger partial charge in [0.2, 0.25) is 0 Å². The van der Waals surface area contributed by atoms with E-state index in [1.165, 1.54) is 12.1 Å². The van der Waals surface area contributed by atoms with Crippen molar-refractivity contribution in [2.75, 3.05) is 10.6 Å². The van der Waals surface area contributed by atoms with Crippen molar-refractivity contribution in [1.29, 1.82) is 0 Å². The van der Waals surface area contributed by atoms with Gasteiger partial charge in [0.05, 0.1) is 32.7 Å². The van der Waals surface area contributed by atoms with Crippen molar-refractivity contribution in [3.63, 3.8) is 0 Å². The molecule has 6 aromatic heterocycles. The van der Waals surface area contributed by atoms with Crippen LogP contribution < -0.4 is 10.6 Å². The van der Waals surface area contributed by atoms with E-state index >= 15 is 0 Å². The molecule has 0 saturated carbocycles. The molecule has 0 bridgehead atoms. The average Bonchev–Trinajstić information content (AvgIpc) is 3.81. The Morgan fingerprint density at radius 1 is 0.685 bits per heavy atom. The minimum atomic E-state index is -0.343. The second kappa shape index (κ2) is 16.6. The highest BCUT2D eigenvalue weighted by Gasteiger charge is 2.16. The number of anilines is 2. The molecule has 0 unspecified atom stereocenters. The van der Waals surface area contributed by atoms with E-state index in [1.807, 2.05) is 30.3 Å². The van der Waals surface area contributed by atoms with E-state index in [2.05, 4.69) is 78.5 Å². The molecule has 0 aliphatic carbocycles. The fraction of sp³-hybridized carbons (Fsp3) is 0.0500. The summed E-state index contributed by atoms with van der Waals surface area (Å²) in [4.78, 5) is 17.4. The van der Waals surface area contributed by atoms with Crippen LogP contribution in [0.25, 0.3) is 39.9 Å². The second-order valence-electron chi connectivity index (χ2n) is 11.6. The summed E-state index contributed by atoms with van der Waals surface area (Å²) in [7, 11) is 0. The number of fused-ring (bicyclic) bond motifs is 2. The predicted octanol–water partition coefficient (Wildman–Crippen LogP) is 9.15. The number of benzene rings is 2. The lowest BCUT2D eigenvalue weighted by Gasteiger charge is -2.11. The Balaban J connectivity index is 0.000000167. The highest BCUT2D eigenvalue weighted by atomic mass is 79.9. The molecular weight excluding hydrogens is 818 g/mol. The maximum Gasteiger partial charge on any atom is 0.173 e. The summed E-state index contributed by atoms with van der Waals surface area (Å²) in [6.45, 7) is 1.09. The number of rotatable bonds is 9. The highest BCUT2D eigenvalue weighted by molar-refractivity contribution is 9.28. The summed E-state index contributed by atoms with van der Waals surface area (Å²) in [5, 5.41) is 15.4. The molecule has 2 N–H and O–H groups in total. The van der Waals surface area contributed by atoms with E-state index < -0.39 is 0 Å². The van der Waals surface area contributed by atoms with E-state index in [4.69, 9.17) is 6.42 Å². The van der Waals surface area contributed by atoms with Crippen LogP contribution in [0.15, 0.2) is 126 Å². The van der Waals surface area contributed by atoms with Crippen LogP contribution in [0.3, 0.4) is 0 Å². The summed E-state index contributed by atoms with van der Waals surface area (Å²) < 4.78 is 32.7. The fourth-order valence-electron chi connectivity index (χ4n) is 5.52. The van der Waals surface area contributed by atoms with Gasteiger partial charge in [0.25, 0.3) is 0 Å². The third-order valence-corrected chi connectivity index (χ3v) is 8.54. The van der Waals surface area contributed by atoms with Crippen molar-refractivity contribution >= 4 is 60.9 Å². The zero-order chi connectivity index (χ0) is 37.4. The van der Waals surface area contributed by atoms with Gasteiger partial charge in [0, 0.05) is 66.7 Å². The number of pyridine rings is 2. The molecule has 54 heavy (non-hydrogen) atoms. The average molecular weight is 847 g/mol. The molecule has 0 spiro atoms. The van der Waals surface area contributed by atoms with Gasteiger partial charge in [-0.1, -0.05) is 42.3 Å². The largest absolute Gasteiger partial charge is 0.366 e. The number of terminal acetylenes is 1. The molecule has 2 aromatic carbocycles. The summed E-state index contributed by atoms with van der Waals surface area (Å²) in [6.07, 6.45) is 17.7. The topological polar surface area (TPSA) is 110 Å². The first-order valence-corrected chi connectivity index (χ1v) is 18.0. The monoisotopic (exact) mass is 844 g/mol. The third kappa shape index (κ3) is 8.17. The molecule has 0 radical (unpaired) electrons. The van der Waals surface area contributed by atoms with Crippen molar-refractivity contribution < 1.29 is 8.78 Å². The van der Waals surface area contributed by atoms with Crippen molar-refractivity contribution in [2.24, 2.45) is 0 Å². The van der Waals surface area contributed by atoms with Gasteiger partial charge >= 0.3 is 0 Å². The Hall–Kier alpha value is -6.30. The number of halogens is 4. The van der Waals surface area contributed by atoms with E-state index in [0.717, 1.165) is 20.1 Å². The number of hydrogen-bond acceptors (Lipinski definition) is 8. The maximum absolute atomic E-state index is 14.4. The number of nitrogens with zero attached hydrogens (tertiary/aromatic N) is 8. The number of nitrogens with one attached hydrogen (secondary N) is 2. The van der Waals surface area contributed by atoms with Gasteiger partial charge in [-0.25, -0.2) is 18.7 Å². The molecule has 0 saturated heterocycles. The standard InChI is InChI=1S/C20H14Br2FN5.C20H14FN5/c21-18(22)8-14-12-26-28-19(25-11-13-4-3-7-24-10-13)9-17(27-20(14)28)15-5-1-2-6-16(15)23;1-2-15-13-24-26-19(23-12-14-6-5-9-22-11-14)10-18(25-20(15)26)16-7-3-4-8-17(16)21/h1-10,12,25H,11H2;1,3-11,13,23H,12H2. The third-order valence-electron chi connectivity index (χ3n) is 8.08. The zero-order valence-corrected chi connectivity index (χ0v) is 31.4. The Morgan fingerprint density at radius 2 is 1.20 bits per heavy atom. The van der Waals surface area contributed by atoms with Crippen molar-refractivity contribution in [1.82, 2.24) is 39.2 Å². The maximum atomic E-state index is 14.4. The van der Waals surface area contributed by atoms with Crippen molar-refractivity contribution in [3.05, 3.63) is 159 Å². The van der Waals surface area contributed by atoms with Crippen molar-refractivity contribution in [3.8, 4) is 34.9 Å². The number of hydrogen-bond donors (Lipinski definition) is 2. The Bertz CT molecular complexity index is 2630. The van der Waals surface area contributed by atoms with E-state index in [9.17, 15) is 8.78 Å². The lowest BCUT2D eigenvalue weighted by molar-refractivity contribution is 0.630. The van der Waals surface area contributed by atoms with Crippen LogP contribution in [0.5, 0.6) is 0 Å². The first-order valence-electron chi connectivity index (χ1n) is 16.4. The molecule has 14 heteroatoms. The van der Waals surface area contributed by atoms with E-state index in [-0.39, 0.29) is 11.6 Å². The Morgan fingerprint density at radius 3 is 1.70 bits per heavy atom. The SMILES string of the molecule is C#Cc1cnn2c(NCc3cccnc3)cc(-c3ccccc3F)nc12.Fc1ccccc1-c1cc(NCc2cccnc2)n2ncc(C=C(Br)Br)c2n1. The molecule has 8 rings (SSSR count). The lowest BCUT2D eigenvalue weighted by atomic mass is 10.1. The zero-order valence-electron chi connectivity index (χ0n) is 28.2. The van der Waals surface area contributed by atoms with Crippen LogP contribution in [-0.4, -0.2) is 39.2 Å². The van der Waals surface area contributed by atoms with E-state index in [0.29, 0.717) is 64.1 Å². The van der Waals surface area contributed by atoms with Gasteiger partial charge in [0.1, 0.15) is 23.3 Å². The summed E-state index contributed by atoms with van der Waals surface area (Å²) in [6, 6.07) is 24.4. The quantitative estimate of drug-likeness (QED) is 0.139. The Labute approximate surface area is 325 Å². The van der Waals surface area contributed by atoms with Gasteiger partial charge in [-0.2, -0.15) is 19.2 Å². The molecule has 0 amide bonds. The first-order chi connectivity index (χ1) is 26.4. The molecule has 0 fully saturated rings. The summed E-state index contributed by atoms with van der Waals surface area (Å²) in [5.74, 6) is 3.27. The van der Waals surface area contributed by atoms with Gasteiger partial charge in [-0.3, -0.25) is 9.97 Å². The molecule has 8 aromatic rings. The van der Waals surface area contributed by atoms with Crippen LogP contribution >= 0.6 is 31.9 Å². The summed E-state index contributed by atoms with van der Waals surface area (Å²) in [5.41, 5.74) is 6.35. The second-order valence-corrected chi connectivity index (χ2v) is 14.4. The Kier molecular flexibility index (Phi) is 11.1. The molecular formula is C40H28Br2F2N10. The molecule has 0 aliphatic rings. The van der Waals surface area contributed by atoms with Crippen LogP contribution in [0.1, 0.15) is 22.3 Å². The van der Waals surface area contributed by atoms with Crippen LogP contribution in [-0.2, 0) is 13.1 Å². The van der Waals surface area contributed by atoms with Gasteiger partial charge in [-0.05, 0) is 85.5 Å². The highest BCUT2D eigenvalue weighted by Crippen LogP contribution is 2.29. The van der Waals surface area contributed by atoms with E-state index in [1.54, 1.807) is 94.7 Å². The molecule has 266 valence electrons. The molecule has 10 nitrogen and oxygen atoms in total. The fourth-order valence-corrected chi connectivity index (χ4v) is 6.01. The molecule has 0 atom stereocenters. The van der Waals surface area contributed by atoms with Gasteiger partial charge in [0.15, 0.2) is 11.3 Å². The number of aromatic nitrogens is 8. The van der Waals surface area contributed by atoms with Crippen LogP contribution in [0, 0.1) is 24.0 Å². The smallest absolute Gasteiger partial charge is 0.173 e. The van der Waals surface area contributed by atoms with Crippen LogP contribution in [0.4, 0.5) is 20.4 Å². The van der Waals surface area contributed by atoms with Gasteiger partial charge in [-0.15, -0.1) is 6.42 Å². The summed E-state index contributed by atoms with van der Waals surface area (Å²) >= 11 is 6.73. The van der Waals surface area contributed by atoms with Gasteiger partial charge < -0.3 is 10.6 Å². The minimum absolute atomic E-state index is 0.323. The molecule has 6 heterocycles. The van der Waals surface area contributed by atoms with Crippen molar-refractivity contribution in [2.45, 2.75) is 13.1 Å². The van der Waals surface area contributed by atoms with Crippen LogP contribution in [0.2, 0.25) is 0 Å². The predicted molar refractivity (Wildman–Crippen MR) is 214 cm³/mol. The first kappa shape index (κ1) is 36.1. The molecule has 0 aliphatic heterocycles. The lowest BCUT2D eigenvalue weighted by Crippen LogP contribution is -2.07.